The lowest BCUT2D eigenvalue weighted by atomic mass is 9.87. The van der Waals surface area contributed by atoms with Crippen LogP contribution in [-0.4, -0.2) is 81.7 Å². The normalized spacial score (nSPS) is 15.7. The Morgan fingerprint density at radius 2 is 0.836 bits per heavy atom. The molecule has 73 heavy (non-hydrogen) atoms. The van der Waals surface area contributed by atoms with Crippen LogP contribution in [0.5, 0.6) is 0 Å². The molecule has 12 nitrogen and oxygen atoms in total. The van der Waals surface area contributed by atoms with Crippen LogP contribution in [0.2, 0.25) is 0 Å². The van der Waals surface area contributed by atoms with Crippen LogP contribution < -0.4 is 0 Å². The predicted octanol–water partition coefficient (Wildman–Crippen LogP) is 15.7. The Morgan fingerprint density at radius 3 is 1.25 bits per heavy atom. The minimum absolute atomic E-state index is 0.00394. The van der Waals surface area contributed by atoms with Gasteiger partial charge in [-0.2, -0.15) is 0 Å². The van der Waals surface area contributed by atoms with Crippen molar-refractivity contribution in [3.63, 3.8) is 0 Å². The third-order valence-electron chi connectivity index (χ3n) is 14.4. The van der Waals surface area contributed by atoms with E-state index in [1.165, 1.54) is 95.5 Å². The SMILES string of the molecule is CCCCCCCCCC(=O)CC(CC(=O)OCCCCCCCC)CC(=O)OCCC(CCOC(=O)CC(CC(=O)OCCCCCCCC)CC(OCCCCCCCC)=C1CCC1)OC1CCCCO1. The van der Waals surface area contributed by atoms with Gasteiger partial charge in [-0.15, -0.1) is 0 Å². The summed E-state index contributed by atoms with van der Waals surface area (Å²) in [5.74, 6) is -1.35. The summed E-state index contributed by atoms with van der Waals surface area (Å²) in [7, 11) is 0. The number of esters is 4. The molecule has 0 radical (unpaired) electrons. The van der Waals surface area contributed by atoms with Gasteiger partial charge in [-0.3, -0.25) is 24.0 Å². The van der Waals surface area contributed by atoms with E-state index in [2.05, 4.69) is 27.7 Å². The van der Waals surface area contributed by atoms with Gasteiger partial charge in [0.2, 0.25) is 0 Å². The first-order valence-electron chi connectivity index (χ1n) is 30.4. The highest BCUT2D eigenvalue weighted by Crippen LogP contribution is 2.34. The number of rotatable bonds is 50. The zero-order chi connectivity index (χ0) is 52.8. The van der Waals surface area contributed by atoms with Crippen molar-refractivity contribution in [1.82, 2.24) is 0 Å². The molecular formula is C61H108O12. The summed E-state index contributed by atoms with van der Waals surface area (Å²) in [4.78, 5) is 66.3. The minimum Gasteiger partial charge on any atom is -0.498 e. The summed E-state index contributed by atoms with van der Waals surface area (Å²) < 4.78 is 41.6. The molecule has 0 aromatic heterocycles. The van der Waals surface area contributed by atoms with Crippen LogP contribution in [0, 0.1) is 11.8 Å². The molecule has 424 valence electrons. The second kappa shape index (κ2) is 46.3. The molecule has 4 atom stereocenters. The highest BCUT2D eigenvalue weighted by molar-refractivity contribution is 5.81. The van der Waals surface area contributed by atoms with Crippen molar-refractivity contribution in [2.24, 2.45) is 11.8 Å². The van der Waals surface area contributed by atoms with E-state index in [-0.39, 0.29) is 74.9 Å². The number of hydrogen-bond donors (Lipinski definition) is 0. The smallest absolute Gasteiger partial charge is 0.306 e. The van der Waals surface area contributed by atoms with Gasteiger partial charge in [0.25, 0.3) is 0 Å². The maximum absolute atomic E-state index is 13.6. The van der Waals surface area contributed by atoms with E-state index in [1.54, 1.807) is 0 Å². The number of unbranched alkanes of at least 4 members (excludes halogenated alkanes) is 21. The van der Waals surface area contributed by atoms with Crippen molar-refractivity contribution in [1.29, 1.82) is 0 Å². The van der Waals surface area contributed by atoms with Crippen molar-refractivity contribution in [3.05, 3.63) is 11.3 Å². The van der Waals surface area contributed by atoms with Crippen LogP contribution >= 0.6 is 0 Å². The van der Waals surface area contributed by atoms with Gasteiger partial charge >= 0.3 is 23.9 Å². The summed E-state index contributed by atoms with van der Waals surface area (Å²) in [6, 6.07) is 0. The first-order valence-corrected chi connectivity index (χ1v) is 30.4. The van der Waals surface area contributed by atoms with Crippen molar-refractivity contribution in [2.75, 3.05) is 39.6 Å². The lowest BCUT2D eigenvalue weighted by molar-refractivity contribution is -0.194. The van der Waals surface area contributed by atoms with Gasteiger partial charge < -0.3 is 33.2 Å². The third-order valence-corrected chi connectivity index (χ3v) is 14.4. The number of ketones is 1. The maximum Gasteiger partial charge on any atom is 0.306 e. The molecule has 1 heterocycles. The largest absolute Gasteiger partial charge is 0.498 e. The number of carbonyl (C=O) groups excluding carboxylic acids is 5. The van der Waals surface area contributed by atoms with E-state index in [1.807, 2.05) is 0 Å². The Bertz CT molecular complexity index is 1400. The minimum atomic E-state index is -0.498. The molecule has 1 aliphatic heterocycles. The average molecular weight is 1030 g/mol. The van der Waals surface area contributed by atoms with E-state index in [9.17, 15) is 24.0 Å². The fourth-order valence-corrected chi connectivity index (χ4v) is 9.65. The molecule has 0 N–H and O–H groups in total. The van der Waals surface area contributed by atoms with Crippen LogP contribution in [0.25, 0.3) is 0 Å². The molecule has 12 heteroatoms. The molecule has 0 aromatic carbocycles. The molecular weight excluding hydrogens is 925 g/mol. The molecule has 4 unspecified atom stereocenters. The number of ether oxygens (including phenoxy) is 7. The number of hydrogen-bond acceptors (Lipinski definition) is 12. The van der Waals surface area contributed by atoms with Crippen LogP contribution in [0.1, 0.15) is 285 Å². The number of Topliss-reactive ketones (excluding diaryl/α,β-unsaturated/α-hetero) is 1. The van der Waals surface area contributed by atoms with Crippen LogP contribution in [0.3, 0.4) is 0 Å². The molecule has 1 saturated carbocycles. The van der Waals surface area contributed by atoms with Crippen molar-refractivity contribution >= 4 is 29.7 Å². The molecule has 2 rings (SSSR count). The van der Waals surface area contributed by atoms with Gasteiger partial charge in [0.05, 0.1) is 44.9 Å². The van der Waals surface area contributed by atoms with Gasteiger partial charge in [0.15, 0.2) is 6.29 Å². The Labute approximate surface area is 445 Å². The molecule has 1 aliphatic carbocycles. The standard InChI is InChI=1S/C61H108O12/c1-5-9-13-17-21-22-26-35-54(62)45-51(47-57(63)68-40-29-24-19-15-11-7-3)48-59(65)70-43-37-55(73-61-36-27-31-42-72-61)38-44-71-60(66)50-52(49-58(64)69-41-30-25-20-16-12-8-4)46-56(53-33-32-34-53)67-39-28-23-18-14-10-6-2/h51-52,55,61H,5-50H2,1-4H3. The first kappa shape index (κ1) is 66.1. The van der Waals surface area contributed by atoms with Gasteiger partial charge in [-0.25, -0.2) is 0 Å². The fraction of sp³-hybridized carbons (Fsp3) is 0.885. The first-order chi connectivity index (χ1) is 35.7. The maximum atomic E-state index is 13.6. The van der Waals surface area contributed by atoms with Crippen LogP contribution in [-0.2, 0) is 57.1 Å². The highest BCUT2D eigenvalue weighted by Gasteiger charge is 2.27. The Balaban J connectivity index is 2.02. The van der Waals surface area contributed by atoms with E-state index >= 15 is 0 Å². The molecule has 2 fully saturated rings. The Kier molecular flexibility index (Phi) is 42.0. The Morgan fingerprint density at radius 1 is 0.438 bits per heavy atom. The van der Waals surface area contributed by atoms with Crippen LogP contribution in [0.4, 0.5) is 0 Å². The van der Waals surface area contributed by atoms with Gasteiger partial charge in [0, 0.05) is 64.4 Å². The number of allylic oxidation sites excluding steroid dienone is 2. The monoisotopic (exact) mass is 1030 g/mol. The molecule has 0 amide bonds. The van der Waals surface area contributed by atoms with Crippen LogP contribution in [0.15, 0.2) is 11.3 Å². The quantitative estimate of drug-likeness (QED) is 0.0247. The van der Waals surface area contributed by atoms with E-state index in [4.69, 9.17) is 33.2 Å². The van der Waals surface area contributed by atoms with Gasteiger partial charge in [0.1, 0.15) is 5.78 Å². The zero-order valence-electron chi connectivity index (χ0n) is 47.2. The van der Waals surface area contributed by atoms with E-state index < -0.39 is 24.3 Å². The molecule has 0 spiro atoms. The fourth-order valence-electron chi connectivity index (χ4n) is 9.65. The summed E-state index contributed by atoms with van der Waals surface area (Å²) in [5, 5.41) is 0. The second-order valence-corrected chi connectivity index (χ2v) is 21.4. The number of carbonyl (C=O) groups is 5. The summed E-state index contributed by atoms with van der Waals surface area (Å²) in [5.41, 5.74) is 1.29. The summed E-state index contributed by atoms with van der Waals surface area (Å²) in [6.45, 7) is 10.9. The third kappa shape index (κ3) is 37.4. The van der Waals surface area contributed by atoms with E-state index in [0.29, 0.717) is 52.1 Å². The molecule has 1 saturated heterocycles. The molecule has 2 aliphatic rings. The average Bonchev–Trinajstić information content (AvgIpc) is 3.34. The highest BCUT2D eigenvalue weighted by atomic mass is 16.7. The lowest BCUT2D eigenvalue weighted by Crippen LogP contribution is -2.30. The van der Waals surface area contributed by atoms with E-state index in [0.717, 1.165) is 115 Å². The Hall–Kier alpha value is -2.99. The van der Waals surface area contributed by atoms with Gasteiger partial charge in [-0.1, -0.05) is 163 Å². The second-order valence-electron chi connectivity index (χ2n) is 21.4. The summed E-state index contributed by atoms with van der Waals surface area (Å²) >= 11 is 0. The molecule has 0 aromatic rings. The van der Waals surface area contributed by atoms with Gasteiger partial charge in [-0.05, 0) is 81.6 Å². The topological polar surface area (TPSA) is 150 Å². The molecule has 0 bridgehead atoms. The van der Waals surface area contributed by atoms with Crippen molar-refractivity contribution in [2.45, 2.75) is 297 Å². The van der Waals surface area contributed by atoms with Crippen molar-refractivity contribution in [3.8, 4) is 0 Å². The zero-order valence-corrected chi connectivity index (χ0v) is 47.2. The summed E-state index contributed by atoms with van der Waals surface area (Å²) in [6.07, 6.45) is 34.8. The predicted molar refractivity (Wildman–Crippen MR) is 291 cm³/mol. The lowest BCUT2D eigenvalue weighted by Gasteiger charge is -2.28. The van der Waals surface area contributed by atoms with Crippen molar-refractivity contribution < 1.29 is 57.1 Å².